The minimum Gasteiger partial charge on any atom is -0.478 e. The fourth-order valence-electron chi connectivity index (χ4n) is 1.09. The zero-order valence-corrected chi connectivity index (χ0v) is 7.66. The number of carboxylic acid groups (broad SMARTS) is 1. The fraction of sp³-hybridized carbons (Fsp3) is 0.182. The second kappa shape index (κ2) is 5.05. The van der Waals surface area contributed by atoms with Crippen molar-refractivity contribution in [3.63, 3.8) is 0 Å². The molecule has 3 nitrogen and oxygen atoms in total. The van der Waals surface area contributed by atoms with Gasteiger partial charge in [0.2, 0.25) is 0 Å². The van der Waals surface area contributed by atoms with Crippen molar-refractivity contribution in [3.8, 4) is 12.3 Å². The van der Waals surface area contributed by atoms with E-state index in [2.05, 4.69) is 11.2 Å². The summed E-state index contributed by atoms with van der Waals surface area (Å²) in [5.41, 5.74) is 1.21. The van der Waals surface area contributed by atoms with E-state index < -0.39 is 5.97 Å². The summed E-state index contributed by atoms with van der Waals surface area (Å²) in [5.74, 6) is 1.53. The maximum Gasteiger partial charge on any atom is 0.335 e. The van der Waals surface area contributed by atoms with E-state index in [0.29, 0.717) is 18.7 Å². The Labute approximate surface area is 82.8 Å². The third kappa shape index (κ3) is 2.92. The molecule has 0 unspecified atom stereocenters. The van der Waals surface area contributed by atoms with Gasteiger partial charge in [0.25, 0.3) is 0 Å². The molecule has 3 heteroatoms. The molecule has 0 saturated heterocycles. The van der Waals surface area contributed by atoms with E-state index in [0.717, 1.165) is 5.56 Å². The minimum absolute atomic E-state index is 0.296. The van der Waals surface area contributed by atoms with Crippen LogP contribution in [0.5, 0.6) is 0 Å². The quantitative estimate of drug-likeness (QED) is 0.551. The summed E-state index contributed by atoms with van der Waals surface area (Å²) in [5, 5.41) is 11.7. The molecule has 0 aliphatic heterocycles. The average Bonchev–Trinajstić information content (AvgIpc) is 2.19. The van der Waals surface area contributed by atoms with Crippen molar-refractivity contribution in [2.24, 2.45) is 0 Å². The second-order valence-corrected chi connectivity index (χ2v) is 2.81. The Bertz CT molecular complexity index is 366. The Morgan fingerprint density at radius 2 is 2.36 bits per heavy atom. The van der Waals surface area contributed by atoms with Crippen LogP contribution in [0.1, 0.15) is 15.9 Å². The van der Waals surface area contributed by atoms with Crippen LogP contribution < -0.4 is 5.32 Å². The third-order valence-electron chi connectivity index (χ3n) is 1.73. The van der Waals surface area contributed by atoms with Crippen molar-refractivity contribution >= 4 is 5.97 Å². The number of carbonyl (C=O) groups is 1. The minimum atomic E-state index is -0.913. The van der Waals surface area contributed by atoms with Crippen LogP contribution in [-0.4, -0.2) is 17.6 Å². The largest absolute Gasteiger partial charge is 0.478 e. The summed E-state index contributed by atoms with van der Waals surface area (Å²) < 4.78 is 0. The molecule has 0 atom stereocenters. The zero-order chi connectivity index (χ0) is 10.4. The molecule has 0 heterocycles. The first-order valence-electron chi connectivity index (χ1n) is 4.20. The standard InChI is InChI=1S/C11H11NO2/c1-2-6-12-8-9-4-3-5-10(7-9)11(13)14/h1,3-5,7,12H,6,8H2,(H,13,14). The molecule has 0 radical (unpaired) electrons. The van der Waals surface area contributed by atoms with Gasteiger partial charge in [-0.2, -0.15) is 0 Å². The highest BCUT2D eigenvalue weighted by Gasteiger charge is 2.01. The fourth-order valence-corrected chi connectivity index (χ4v) is 1.09. The molecule has 0 aliphatic carbocycles. The first kappa shape index (κ1) is 10.3. The van der Waals surface area contributed by atoms with Gasteiger partial charge in [0.1, 0.15) is 0 Å². The molecule has 72 valence electrons. The molecular formula is C11H11NO2. The number of nitrogens with one attached hydrogen (secondary N) is 1. The van der Waals surface area contributed by atoms with Crippen molar-refractivity contribution in [1.82, 2.24) is 5.32 Å². The van der Waals surface area contributed by atoms with E-state index in [9.17, 15) is 4.79 Å². The summed E-state index contributed by atoms with van der Waals surface area (Å²) in [7, 11) is 0. The predicted octanol–water partition coefficient (Wildman–Crippen LogP) is 1.11. The van der Waals surface area contributed by atoms with E-state index >= 15 is 0 Å². The van der Waals surface area contributed by atoms with Crippen molar-refractivity contribution in [1.29, 1.82) is 0 Å². The summed E-state index contributed by atoms with van der Waals surface area (Å²) >= 11 is 0. The molecule has 0 spiro atoms. The van der Waals surface area contributed by atoms with Gasteiger partial charge >= 0.3 is 5.97 Å². The Hall–Kier alpha value is -1.79. The highest BCUT2D eigenvalue weighted by atomic mass is 16.4. The van der Waals surface area contributed by atoms with Crippen LogP contribution in [0, 0.1) is 12.3 Å². The normalized spacial score (nSPS) is 9.36. The van der Waals surface area contributed by atoms with Crippen molar-refractivity contribution in [2.45, 2.75) is 6.54 Å². The second-order valence-electron chi connectivity index (χ2n) is 2.81. The molecular weight excluding hydrogens is 178 g/mol. The maximum absolute atomic E-state index is 10.6. The highest BCUT2D eigenvalue weighted by Crippen LogP contribution is 2.04. The van der Waals surface area contributed by atoms with Gasteiger partial charge in [-0.05, 0) is 17.7 Å². The summed E-state index contributed by atoms with van der Waals surface area (Å²) in [6.07, 6.45) is 5.06. The van der Waals surface area contributed by atoms with Gasteiger partial charge in [0.15, 0.2) is 0 Å². The molecule has 0 aromatic heterocycles. The first-order chi connectivity index (χ1) is 6.74. The first-order valence-corrected chi connectivity index (χ1v) is 4.20. The van der Waals surface area contributed by atoms with Crippen LogP contribution in [0.3, 0.4) is 0 Å². The number of terminal acetylenes is 1. The molecule has 1 aromatic carbocycles. The SMILES string of the molecule is C#CCNCc1cccc(C(=O)O)c1. The van der Waals surface area contributed by atoms with Crippen molar-refractivity contribution < 1.29 is 9.90 Å². The summed E-state index contributed by atoms with van der Waals surface area (Å²) in [4.78, 5) is 10.6. The number of aromatic carboxylic acids is 1. The van der Waals surface area contributed by atoms with Crippen LogP contribution in [0.2, 0.25) is 0 Å². The predicted molar refractivity (Wildman–Crippen MR) is 53.9 cm³/mol. The number of carboxylic acids is 1. The third-order valence-corrected chi connectivity index (χ3v) is 1.73. The van der Waals surface area contributed by atoms with Gasteiger partial charge in [-0.15, -0.1) is 6.42 Å². The molecule has 14 heavy (non-hydrogen) atoms. The van der Waals surface area contributed by atoms with Crippen LogP contribution >= 0.6 is 0 Å². The lowest BCUT2D eigenvalue weighted by atomic mass is 10.1. The highest BCUT2D eigenvalue weighted by molar-refractivity contribution is 5.87. The van der Waals surface area contributed by atoms with Crippen LogP contribution in [0.4, 0.5) is 0 Å². The maximum atomic E-state index is 10.6. The van der Waals surface area contributed by atoms with Gasteiger partial charge in [0, 0.05) is 6.54 Å². The topological polar surface area (TPSA) is 49.3 Å². The van der Waals surface area contributed by atoms with E-state index in [1.165, 1.54) is 0 Å². The van der Waals surface area contributed by atoms with Gasteiger partial charge in [0.05, 0.1) is 12.1 Å². The van der Waals surface area contributed by atoms with E-state index in [1.807, 2.05) is 6.07 Å². The summed E-state index contributed by atoms with van der Waals surface area (Å²) in [6, 6.07) is 6.77. The van der Waals surface area contributed by atoms with Crippen LogP contribution in [0.15, 0.2) is 24.3 Å². The molecule has 0 amide bonds. The van der Waals surface area contributed by atoms with Gasteiger partial charge in [-0.25, -0.2) is 4.79 Å². The lowest BCUT2D eigenvalue weighted by molar-refractivity contribution is 0.0697. The molecule has 0 bridgehead atoms. The Kier molecular flexibility index (Phi) is 3.71. The average molecular weight is 189 g/mol. The van der Waals surface area contributed by atoms with Crippen molar-refractivity contribution in [2.75, 3.05) is 6.54 Å². The van der Waals surface area contributed by atoms with E-state index in [-0.39, 0.29) is 0 Å². The lowest BCUT2D eigenvalue weighted by Gasteiger charge is -2.02. The zero-order valence-electron chi connectivity index (χ0n) is 7.66. The van der Waals surface area contributed by atoms with E-state index in [4.69, 9.17) is 11.5 Å². The molecule has 0 saturated carbocycles. The van der Waals surface area contributed by atoms with Crippen LogP contribution in [-0.2, 0) is 6.54 Å². The molecule has 0 fully saturated rings. The number of hydrogen-bond acceptors (Lipinski definition) is 2. The van der Waals surface area contributed by atoms with Crippen LogP contribution in [0.25, 0.3) is 0 Å². The molecule has 1 aromatic rings. The van der Waals surface area contributed by atoms with E-state index in [1.54, 1.807) is 18.2 Å². The van der Waals surface area contributed by atoms with Crippen molar-refractivity contribution in [3.05, 3.63) is 35.4 Å². The Balaban J connectivity index is 2.65. The molecule has 0 aliphatic rings. The Morgan fingerprint density at radius 1 is 1.57 bits per heavy atom. The summed E-state index contributed by atoms with van der Waals surface area (Å²) in [6.45, 7) is 1.07. The Morgan fingerprint density at radius 3 is 3.00 bits per heavy atom. The number of rotatable bonds is 4. The lowest BCUT2D eigenvalue weighted by Crippen LogP contribution is -2.13. The molecule has 2 N–H and O–H groups in total. The smallest absolute Gasteiger partial charge is 0.335 e. The molecule has 1 rings (SSSR count). The van der Waals surface area contributed by atoms with Gasteiger partial charge in [-0.3, -0.25) is 0 Å². The number of hydrogen-bond donors (Lipinski definition) is 2. The number of benzene rings is 1. The monoisotopic (exact) mass is 189 g/mol. The van der Waals surface area contributed by atoms with Gasteiger partial charge < -0.3 is 10.4 Å². The van der Waals surface area contributed by atoms with Gasteiger partial charge in [-0.1, -0.05) is 18.1 Å².